The summed E-state index contributed by atoms with van der Waals surface area (Å²) in [5.41, 5.74) is 1.79. The number of imidazole rings is 1. The van der Waals surface area contributed by atoms with Crippen LogP contribution in [0.5, 0.6) is 0 Å². The fraction of sp³-hybridized carbons (Fsp3) is 0.235. The molecule has 0 aliphatic heterocycles. The van der Waals surface area contributed by atoms with Crippen LogP contribution in [0, 0.1) is 0 Å². The lowest BCUT2D eigenvalue weighted by Gasteiger charge is -2.14. The molecule has 0 saturated carbocycles. The highest BCUT2D eigenvalue weighted by molar-refractivity contribution is 7.12. The molecule has 0 spiro atoms. The molecule has 124 valence electrons. The largest absolute Gasteiger partial charge is 0.340 e. The van der Waals surface area contributed by atoms with Gasteiger partial charge in [0.2, 0.25) is 11.9 Å². The molecule has 2 aromatic heterocycles. The highest BCUT2D eigenvalue weighted by Crippen LogP contribution is 2.19. The zero-order valence-corrected chi connectivity index (χ0v) is 14.3. The maximum Gasteiger partial charge on any atom is 0.261 e. The molecule has 7 heteroatoms. The van der Waals surface area contributed by atoms with Gasteiger partial charge in [0.05, 0.1) is 15.9 Å². The Morgan fingerprint density at radius 1 is 1.25 bits per heavy atom. The van der Waals surface area contributed by atoms with Gasteiger partial charge in [0, 0.05) is 6.54 Å². The van der Waals surface area contributed by atoms with E-state index in [1.165, 1.54) is 11.3 Å². The van der Waals surface area contributed by atoms with Gasteiger partial charge in [-0.1, -0.05) is 18.2 Å². The molecule has 0 fully saturated rings. The maximum atomic E-state index is 12.4. The molecule has 0 saturated heterocycles. The Balaban J connectivity index is 1.73. The van der Waals surface area contributed by atoms with Gasteiger partial charge in [0.1, 0.15) is 6.04 Å². The number of aromatic nitrogens is 2. The predicted molar refractivity (Wildman–Crippen MR) is 95.3 cm³/mol. The summed E-state index contributed by atoms with van der Waals surface area (Å²) in [5.74, 6) is -0.0671. The van der Waals surface area contributed by atoms with E-state index in [1.54, 1.807) is 19.1 Å². The molecule has 1 atom stereocenters. The highest BCUT2D eigenvalue weighted by Gasteiger charge is 2.19. The Bertz CT molecular complexity index is 870. The average Bonchev–Trinajstić information content (AvgIpc) is 3.22. The molecule has 24 heavy (non-hydrogen) atoms. The number of benzene rings is 1. The maximum absolute atomic E-state index is 12.4. The van der Waals surface area contributed by atoms with Crippen LogP contribution < -0.4 is 10.6 Å². The van der Waals surface area contributed by atoms with E-state index >= 15 is 0 Å². The number of thiophene rings is 1. The third-order valence-electron chi connectivity index (χ3n) is 3.69. The molecule has 2 heterocycles. The third kappa shape index (κ3) is 3.16. The smallest absolute Gasteiger partial charge is 0.261 e. The van der Waals surface area contributed by atoms with Crippen molar-refractivity contribution in [3.8, 4) is 0 Å². The minimum absolute atomic E-state index is 0.253. The minimum Gasteiger partial charge on any atom is -0.340 e. The summed E-state index contributed by atoms with van der Waals surface area (Å²) in [6.07, 6.45) is 0. The van der Waals surface area contributed by atoms with E-state index in [0.717, 1.165) is 11.0 Å². The van der Waals surface area contributed by atoms with Crippen LogP contribution in [0.1, 0.15) is 23.5 Å². The van der Waals surface area contributed by atoms with Gasteiger partial charge in [-0.05, 0) is 37.4 Å². The van der Waals surface area contributed by atoms with Gasteiger partial charge >= 0.3 is 0 Å². The van der Waals surface area contributed by atoms with E-state index in [2.05, 4.69) is 15.6 Å². The van der Waals surface area contributed by atoms with Crippen LogP contribution in [-0.4, -0.2) is 27.4 Å². The van der Waals surface area contributed by atoms with Gasteiger partial charge in [-0.25, -0.2) is 4.98 Å². The average molecular weight is 342 g/mol. The van der Waals surface area contributed by atoms with Crippen LogP contribution in [0.4, 0.5) is 5.95 Å². The molecular weight excluding hydrogens is 324 g/mol. The second-order valence-corrected chi connectivity index (χ2v) is 6.28. The highest BCUT2D eigenvalue weighted by atomic mass is 32.1. The number of carbonyl (C=O) groups excluding carboxylic acids is 2. The Labute approximate surface area is 143 Å². The van der Waals surface area contributed by atoms with Crippen LogP contribution in [0.15, 0.2) is 41.8 Å². The Morgan fingerprint density at radius 3 is 2.75 bits per heavy atom. The molecular formula is C17H18N4O2S. The van der Waals surface area contributed by atoms with E-state index in [-0.39, 0.29) is 11.8 Å². The van der Waals surface area contributed by atoms with E-state index in [9.17, 15) is 9.59 Å². The van der Waals surface area contributed by atoms with Crippen molar-refractivity contribution < 1.29 is 9.59 Å². The summed E-state index contributed by atoms with van der Waals surface area (Å²) in [6.45, 7) is 4.33. The zero-order valence-electron chi connectivity index (χ0n) is 13.4. The van der Waals surface area contributed by atoms with Gasteiger partial charge in [-0.2, -0.15) is 0 Å². The molecule has 3 rings (SSSR count). The van der Waals surface area contributed by atoms with Crippen LogP contribution in [0.25, 0.3) is 11.0 Å². The molecule has 3 aromatic rings. The summed E-state index contributed by atoms with van der Waals surface area (Å²) in [5, 5.41) is 7.32. The van der Waals surface area contributed by atoms with Gasteiger partial charge in [-0.15, -0.1) is 11.3 Å². The first kappa shape index (κ1) is 16.2. The van der Waals surface area contributed by atoms with Crippen molar-refractivity contribution in [2.45, 2.75) is 26.4 Å². The summed E-state index contributed by atoms with van der Waals surface area (Å²) >= 11 is 1.34. The van der Waals surface area contributed by atoms with Crippen molar-refractivity contribution in [2.24, 2.45) is 0 Å². The molecule has 0 unspecified atom stereocenters. The molecule has 6 nitrogen and oxygen atoms in total. The Kier molecular flexibility index (Phi) is 4.61. The number of nitrogens with one attached hydrogen (secondary N) is 2. The first-order valence-corrected chi connectivity index (χ1v) is 8.58. The second-order valence-electron chi connectivity index (χ2n) is 5.33. The van der Waals surface area contributed by atoms with Crippen molar-refractivity contribution in [1.29, 1.82) is 0 Å². The molecule has 0 bridgehead atoms. The summed E-state index contributed by atoms with van der Waals surface area (Å²) < 4.78 is 1.93. The number of rotatable bonds is 5. The topological polar surface area (TPSA) is 76.0 Å². The number of para-hydroxylation sites is 2. The second kappa shape index (κ2) is 6.84. The number of fused-ring (bicyclic) bond motifs is 1. The van der Waals surface area contributed by atoms with E-state index in [1.807, 2.05) is 41.1 Å². The van der Waals surface area contributed by atoms with Crippen molar-refractivity contribution in [3.63, 3.8) is 0 Å². The van der Waals surface area contributed by atoms with E-state index in [0.29, 0.717) is 17.4 Å². The first-order valence-electron chi connectivity index (χ1n) is 7.70. The lowest BCUT2D eigenvalue weighted by Crippen LogP contribution is -2.41. The SMILES string of the molecule is CCn1c(NC(=O)[C@H](C)NC(=O)c2cccs2)nc2ccccc21. The van der Waals surface area contributed by atoms with Crippen molar-refractivity contribution in [2.75, 3.05) is 5.32 Å². The predicted octanol–water partition coefficient (Wildman–Crippen LogP) is 2.87. The fourth-order valence-corrected chi connectivity index (χ4v) is 3.08. The van der Waals surface area contributed by atoms with E-state index < -0.39 is 6.04 Å². The van der Waals surface area contributed by atoms with Gasteiger partial charge in [0.15, 0.2) is 0 Å². The monoisotopic (exact) mass is 342 g/mol. The summed E-state index contributed by atoms with van der Waals surface area (Å²) in [4.78, 5) is 29.5. The molecule has 1 aromatic carbocycles. The van der Waals surface area contributed by atoms with Crippen molar-refractivity contribution >= 4 is 40.1 Å². The summed E-state index contributed by atoms with van der Waals surface area (Å²) in [6, 6.07) is 10.6. The van der Waals surface area contributed by atoms with Crippen molar-refractivity contribution in [3.05, 3.63) is 46.7 Å². The van der Waals surface area contributed by atoms with Crippen LogP contribution in [-0.2, 0) is 11.3 Å². The quantitative estimate of drug-likeness (QED) is 0.748. The number of aryl methyl sites for hydroxylation is 1. The van der Waals surface area contributed by atoms with Crippen LogP contribution >= 0.6 is 11.3 Å². The molecule has 0 radical (unpaired) electrons. The lowest BCUT2D eigenvalue weighted by molar-refractivity contribution is -0.117. The number of amides is 2. The molecule has 0 aliphatic rings. The zero-order chi connectivity index (χ0) is 17.1. The number of anilines is 1. The van der Waals surface area contributed by atoms with E-state index in [4.69, 9.17) is 0 Å². The molecule has 2 amide bonds. The Hall–Kier alpha value is -2.67. The standard InChI is InChI=1S/C17H18N4O2S/c1-3-21-13-8-5-4-7-12(13)19-17(21)20-15(22)11(2)18-16(23)14-9-6-10-24-14/h4-11H,3H2,1-2H3,(H,18,23)(H,19,20,22)/t11-/m0/s1. The number of nitrogens with zero attached hydrogens (tertiary/aromatic N) is 2. The van der Waals surface area contributed by atoms with Crippen LogP contribution in [0.3, 0.4) is 0 Å². The molecule has 2 N–H and O–H groups in total. The molecule has 0 aliphatic carbocycles. The summed E-state index contributed by atoms with van der Waals surface area (Å²) in [7, 11) is 0. The number of hydrogen-bond acceptors (Lipinski definition) is 4. The van der Waals surface area contributed by atoms with Crippen molar-refractivity contribution in [1.82, 2.24) is 14.9 Å². The van der Waals surface area contributed by atoms with Gasteiger partial charge in [-0.3, -0.25) is 14.9 Å². The number of carbonyl (C=O) groups is 2. The minimum atomic E-state index is -0.662. The Morgan fingerprint density at radius 2 is 2.04 bits per heavy atom. The first-order chi connectivity index (χ1) is 11.6. The van der Waals surface area contributed by atoms with Gasteiger partial charge < -0.3 is 9.88 Å². The third-order valence-corrected chi connectivity index (χ3v) is 4.56. The van der Waals surface area contributed by atoms with Crippen LogP contribution in [0.2, 0.25) is 0 Å². The number of hydrogen-bond donors (Lipinski definition) is 2. The fourth-order valence-electron chi connectivity index (χ4n) is 2.45. The lowest BCUT2D eigenvalue weighted by atomic mass is 10.3. The normalized spacial score (nSPS) is 12.1. The van der Waals surface area contributed by atoms with Gasteiger partial charge in [0.25, 0.3) is 5.91 Å².